The van der Waals surface area contributed by atoms with Crippen molar-refractivity contribution in [2.45, 2.75) is 9.79 Å². The SMILES string of the molecule is COC(=O)c1ccc(Sc2ccccc2)c([N+](=O)[O-])c1. The van der Waals surface area contributed by atoms with E-state index in [9.17, 15) is 14.9 Å². The van der Waals surface area contributed by atoms with E-state index >= 15 is 0 Å². The van der Waals surface area contributed by atoms with Gasteiger partial charge in [-0.3, -0.25) is 10.1 Å². The van der Waals surface area contributed by atoms with Crippen molar-refractivity contribution in [1.29, 1.82) is 0 Å². The molecule has 0 heterocycles. The Morgan fingerprint density at radius 3 is 2.50 bits per heavy atom. The summed E-state index contributed by atoms with van der Waals surface area (Å²) >= 11 is 1.28. The molecule has 6 heteroatoms. The summed E-state index contributed by atoms with van der Waals surface area (Å²) in [5, 5.41) is 11.1. The molecule has 0 fully saturated rings. The van der Waals surface area contributed by atoms with Crippen molar-refractivity contribution in [3.8, 4) is 0 Å². The van der Waals surface area contributed by atoms with E-state index in [0.717, 1.165) is 4.90 Å². The number of nitro benzene ring substituents is 1. The Labute approximate surface area is 119 Å². The summed E-state index contributed by atoms with van der Waals surface area (Å²) in [4.78, 5) is 23.4. The van der Waals surface area contributed by atoms with Crippen LogP contribution >= 0.6 is 11.8 Å². The van der Waals surface area contributed by atoms with Gasteiger partial charge in [-0.05, 0) is 24.3 Å². The Hall–Kier alpha value is -2.34. The fraction of sp³-hybridized carbons (Fsp3) is 0.0714. The number of nitrogens with zero attached hydrogens (tertiary/aromatic N) is 1. The minimum Gasteiger partial charge on any atom is -0.465 e. The molecule has 0 saturated heterocycles. The van der Waals surface area contributed by atoms with Gasteiger partial charge in [-0.1, -0.05) is 30.0 Å². The normalized spacial score (nSPS) is 10.1. The van der Waals surface area contributed by atoms with Gasteiger partial charge in [0.1, 0.15) is 0 Å². The number of benzene rings is 2. The molecule has 0 radical (unpaired) electrons. The van der Waals surface area contributed by atoms with Gasteiger partial charge in [0.2, 0.25) is 0 Å². The molecule has 0 N–H and O–H groups in total. The topological polar surface area (TPSA) is 69.4 Å². The highest BCUT2D eigenvalue weighted by atomic mass is 32.2. The van der Waals surface area contributed by atoms with E-state index in [0.29, 0.717) is 4.90 Å². The number of rotatable bonds is 4. The predicted octanol–water partition coefficient (Wildman–Crippen LogP) is 3.53. The Kier molecular flexibility index (Phi) is 4.37. The number of hydrogen-bond donors (Lipinski definition) is 0. The lowest BCUT2D eigenvalue weighted by Gasteiger charge is -2.05. The first kappa shape index (κ1) is 14.1. The molecule has 102 valence electrons. The first-order valence-electron chi connectivity index (χ1n) is 5.71. The van der Waals surface area contributed by atoms with E-state index in [1.807, 2.05) is 30.3 Å². The minimum absolute atomic E-state index is 0.109. The number of hydrogen-bond acceptors (Lipinski definition) is 5. The van der Waals surface area contributed by atoms with E-state index < -0.39 is 10.9 Å². The molecule has 2 aromatic rings. The maximum atomic E-state index is 11.4. The van der Waals surface area contributed by atoms with Gasteiger partial charge in [0.15, 0.2) is 0 Å². The smallest absolute Gasteiger partial charge is 0.338 e. The summed E-state index contributed by atoms with van der Waals surface area (Å²) < 4.78 is 4.56. The van der Waals surface area contributed by atoms with Crippen molar-refractivity contribution in [1.82, 2.24) is 0 Å². The van der Waals surface area contributed by atoms with E-state index in [4.69, 9.17) is 0 Å². The molecular formula is C14H11NO4S. The summed E-state index contributed by atoms with van der Waals surface area (Å²) in [5.74, 6) is -0.593. The monoisotopic (exact) mass is 289 g/mol. The molecule has 2 rings (SSSR count). The fourth-order valence-electron chi connectivity index (χ4n) is 1.61. The lowest BCUT2D eigenvalue weighted by atomic mass is 10.2. The summed E-state index contributed by atoms with van der Waals surface area (Å²) in [6.45, 7) is 0. The molecule has 5 nitrogen and oxygen atoms in total. The fourth-order valence-corrected chi connectivity index (χ4v) is 2.53. The summed E-state index contributed by atoms with van der Waals surface area (Å²) in [6.07, 6.45) is 0. The molecule has 0 aliphatic rings. The van der Waals surface area contributed by atoms with Crippen LogP contribution in [0.25, 0.3) is 0 Å². The van der Waals surface area contributed by atoms with Crippen molar-refractivity contribution in [2.75, 3.05) is 7.11 Å². The van der Waals surface area contributed by atoms with Crippen molar-refractivity contribution >= 4 is 23.4 Å². The van der Waals surface area contributed by atoms with Crippen LogP contribution in [-0.4, -0.2) is 18.0 Å². The molecule has 0 bridgehead atoms. The highest BCUT2D eigenvalue weighted by Crippen LogP contribution is 2.35. The van der Waals surface area contributed by atoms with Crippen LogP contribution in [0.5, 0.6) is 0 Å². The molecule has 20 heavy (non-hydrogen) atoms. The minimum atomic E-state index is -0.593. The lowest BCUT2D eigenvalue weighted by Crippen LogP contribution is -2.02. The number of methoxy groups -OCH3 is 1. The second-order valence-corrected chi connectivity index (χ2v) is 4.96. The largest absolute Gasteiger partial charge is 0.465 e. The average Bonchev–Trinajstić information content (AvgIpc) is 2.47. The summed E-state index contributed by atoms with van der Waals surface area (Å²) in [6, 6.07) is 13.6. The Balaban J connectivity index is 2.38. The highest BCUT2D eigenvalue weighted by molar-refractivity contribution is 7.99. The summed E-state index contributed by atoms with van der Waals surface area (Å²) in [5.41, 5.74) is 0.0540. The number of carbonyl (C=O) groups excluding carboxylic acids is 1. The molecule has 0 aliphatic heterocycles. The van der Waals surface area contributed by atoms with Gasteiger partial charge in [-0.15, -0.1) is 0 Å². The van der Waals surface area contributed by atoms with Crippen LogP contribution in [-0.2, 0) is 4.74 Å². The molecule has 0 unspecified atom stereocenters. The predicted molar refractivity (Wildman–Crippen MR) is 75.0 cm³/mol. The zero-order valence-corrected chi connectivity index (χ0v) is 11.4. The first-order chi connectivity index (χ1) is 9.61. The number of esters is 1. The second-order valence-electron chi connectivity index (χ2n) is 3.85. The molecule has 0 saturated carbocycles. The van der Waals surface area contributed by atoms with Crippen molar-refractivity contribution < 1.29 is 14.5 Å². The Morgan fingerprint density at radius 2 is 1.90 bits per heavy atom. The third kappa shape index (κ3) is 3.16. The van der Waals surface area contributed by atoms with Crippen molar-refractivity contribution in [2.24, 2.45) is 0 Å². The molecule has 0 aliphatic carbocycles. The van der Waals surface area contributed by atoms with E-state index in [1.54, 1.807) is 6.07 Å². The van der Waals surface area contributed by atoms with E-state index in [-0.39, 0.29) is 11.3 Å². The summed E-state index contributed by atoms with van der Waals surface area (Å²) in [7, 11) is 1.24. The van der Waals surface area contributed by atoms with Gasteiger partial charge in [-0.25, -0.2) is 4.79 Å². The van der Waals surface area contributed by atoms with Crippen LogP contribution in [0.2, 0.25) is 0 Å². The Morgan fingerprint density at radius 1 is 1.20 bits per heavy atom. The molecule has 0 amide bonds. The molecule has 0 aromatic heterocycles. The van der Waals surface area contributed by atoms with Crippen LogP contribution in [0, 0.1) is 10.1 Å². The van der Waals surface area contributed by atoms with E-state index in [2.05, 4.69) is 4.74 Å². The van der Waals surface area contributed by atoms with Crippen molar-refractivity contribution in [3.63, 3.8) is 0 Å². The van der Waals surface area contributed by atoms with Crippen LogP contribution in [0.15, 0.2) is 58.3 Å². The number of nitro groups is 1. The van der Waals surface area contributed by atoms with Crippen molar-refractivity contribution in [3.05, 3.63) is 64.2 Å². The Bertz CT molecular complexity index is 643. The molecular weight excluding hydrogens is 278 g/mol. The van der Waals surface area contributed by atoms with Gasteiger partial charge in [-0.2, -0.15) is 0 Å². The highest BCUT2D eigenvalue weighted by Gasteiger charge is 2.18. The average molecular weight is 289 g/mol. The zero-order valence-electron chi connectivity index (χ0n) is 10.6. The zero-order chi connectivity index (χ0) is 14.5. The van der Waals surface area contributed by atoms with Crippen LogP contribution in [0.1, 0.15) is 10.4 Å². The number of ether oxygens (including phenoxy) is 1. The first-order valence-corrected chi connectivity index (χ1v) is 6.53. The quantitative estimate of drug-likeness (QED) is 0.489. The third-order valence-electron chi connectivity index (χ3n) is 2.55. The number of carbonyl (C=O) groups is 1. The van der Waals surface area contributed by atoms with Gasteiger partial charge in [0.25, 0.3) is 5.69 Å². The van der Waals surface area contributed by atoms with E-state index in [1.165, 1.54) is 31.0 Å². The van der Waals surface area contributed by atoms with Gasteiger partial charge in [0, 0.05) is 11.0 Å². The standard InChI is InChI=1S/C14H11NO4S/c1-19-14(16)10-7-8-13(12(9-10)15(17)18)20-11-5-3-2-4-6-11/h2-9H,1H3. The van der Waals surface area contributed by atoms with Crippen LogP contribution < -0.4 is 0 Å². The maximum absolute atomic E-state index is 11.4. The molecule has 0 spiro atoms. The molecule has 2 aromatic carbocycles. The van der Waals surface area contributed by atoms with Crippen LogP contribution in [0.3, 0.4) is 0 Å². The molecule has 0 atom stereocenters. The van der Waals surface area contributed by atoms with Crippen LogP contribution in [0.4, 0.5) is 5.69 Å². The van der Waals surface area contributed by atoms with Gasteiger partial charge >= 0.3 is 5.97 Å². The lowest BCUT2D eigenvalue weighted by molar-refractivity contribution is -0.387. The third-order valence-corrected chi connectivity index (χ3v) is 3.62. The van der Waals surface area contributed by atoms with Gasteiger partial charge in [0.05, 0.1) is 22.5 Å². The van der Waals surface area contributed by atoms with Gasteiger partial charge < -0.3 is 4.74 Å². The second kappa shape index (κ2) is 6.21. The maximum Gasteiger partial charge on any atom is 0.338 e.